The summed E-state index contributed by atoms with van der Waals surface area (Å²) in [5, 5.41) is 3.57. The Balaban J connectivity index is 1.91. The van der Waals surface area contributed by atoms with Crippen LogP contribution in [0.15, 0.2) is 18.2 Å². The lowest BCUT2D eigenvalue weighted by Crippen LogP contribution is -2.33. The van der Waals surface area contributed by atoms with E-state index in [0.29, 0.717) is 34.8 Å². The summed E-state index contributed by atoms with van der Waals surface area (Å²) in [6.07, 6.45) is 1.14. The number of nitrogens with one attached hydrogen (secondary N) is 1. The van der Waals surface area contributed by atoms with E-state index in [1.807, 2.05) is 0 Å². The van der Waals surface area contributed by atoms with Crippen LogP contribution in [0, 0.1) is 5.92 Å². The number of hydrogen-bond acceptors (Lipinski definition) is 3. The first-order valence-electron chi connectivity index (χ1n) is 7.37. The molecule has 1 N–H and O–H groups in total. The van der Waals surface area contributed by atoms with E-state index < -0.39 is 0 Å². The molecule has 0 bridgehead atoms. The third-order valence-corrected chi connectivity index (χ3v) is 4.24. The van der Waals surface area contributed by atoms with Crippen LogP contribution in [0.3, 0.4) is 0 Å². The lowest BCUT2D eigenvalue weighted by atomic mass is 10.1. The van der Waals surface area contributed by atoms with E-state index >= 15 is 0 Å². The lowest BCUT2D eigenvalue weighted by Gasteiger charge is -2.20. The first-order valence-corrected chi connectivity index (χ1v) is 7.75. The predicted molar refractivity (Wildman–Crippen MR) is 85.2 cm³/mol. The molecule has 1 aliphatic heterocycles. The number of carbonyl (C=O) groups is 1. The first kappa shape index (κ1) is 16.1. The van der Waals surface area contributed by atoms with Crippen LogP contribution in [-0.2, 0) is 0 Å². The van der Waals surface area contributed by atoms with Gasteiger partial charge in [0.05, 0.1) is 12.7 Å². The highest BCUT2D eigenvalue weighted by molar-refractivity contribution is 6.30. The average Bonchev–Trinajstić information content (AvgIpc) is 2.93. The lowest BCUT2D eigenvalue weighted by molar-refractivity contribution is 0.0944. The molecule has 1 fully saturated rings. The molecule has 0 spiro atoms. The topological polar surface area (TPSA) is 41.6 Å². The van der Waals surface area contributed by atoms with Crippen LogP contribution in [0.25, 0.3) is 0 Å². The molecular formula is C16H23ClN2O2. The fourth-order valence-corrected chi connectivity index (χ4v) is 2.85. The molecule has 5 heteroatoms. The maximum atomic E-state index is 12.3. The van der Waals surface area contributed by atoms with Gasteiger partial charge in [0, 0.05) is 24.2 Å². The van der Waals surface area contributed by atoms with Crippen LogP contribution in [-0.4, -0.2) is 43.6 Å². The molecule has 1 saturated heterocycles. The van der Waals surface area contributed by atoms with E-state index in [1.165, 1.54) is 0 Å². The molecule has 0 aromatic heterocycles. The molecule has 21 heavy (non-hydrogen) atoms. The Morgan fingerprint density at radius 1 is 1.52 bits per heavy atom. The summed E-state index contributed by atoms with van der Waals surface area (Å²) >= 11 is 5.91. The highest BCUT2D eigenvalue weighted by atomic mass is 35.5. The molecule has 1 atom stereocenters. The Kier molecular flexibility index (Phi) is 5.48. The molecule has 4 nitrogen and oxygen atoms in total. The number of rotatable bonds is 5. The minimum Gasteiger partial charge on any atom is -0.496 e. The molecule has 116 valence electrons. The molecule has 1 amide bonds. The Morgan fingerprint density at radius 3 is 2.90 bits per heavy atom. The highest BCUT2D eigenvalue weighted by Crippen LogP contribution is 2.23. The number of nitrogens with zero attached hydrogens (tertiary/aromatic N) is 1. The molecule has 0 saturated carbocycles. The van der Waals surface area contributed by atoms with Gasteiger partial charge in [0.2, 0.25) is 0 Å². The van der Waals surface area contributed by atoms with Crippen molar-refractivity contribution in [3.05, 3.63) is 28.8 Å². The van der Waals surface area contributed by atoms with Gasteiger partial charge in [0.1, 0.15) is 5.75 Å². The number of carbonyl (C=O) groups excluding carboxylic acids is 1. The standard InChI is InChI=1S/C16H23ClN2O2/c1-11(2)19-7-6-12(10-19)9-18-16(20)14-5-4-13(17)8-15(14)21-3/h4-5,8,11-12H,6-7,9-10H2,1-3H3,(H,18,20)/t12-/m1/s1. The van der Waals surface area contributed by atoms with Gasteiger partial charge in [-0.15, -0.1) is 0 Å². The Morgan fingerprint density at radius 2 is 2.29 bits per heavy atom. The van der Waals surface area contributed by atoms with E-state index in [4.69, 9.17) is 16.3 Å². The SMILES string of the molecule is COc1cc(Cl)ccc1C(=O)NC[C@H]1CCN(C(C)C)C1. The second-order valence-electron chi connectivity index (χ2n) is 5.80. The normalized spacial score (nSPS) is 19.0. The minimum atomic E-state index is -0.105. The van der Waals surface area contributed by atoms with Crippen LogP contribution in [0.1, 0.15) is 30.6 Å². The molecule has 1 aliphatic rings. The molecule has 1 heterocycles. The van der Waals surface area contributed by atoms with Crippen LogP contribution in [0.5, 0.6) is 5.75 Å². The second kappa shape index (κ2) is 7.14. The van der Waals surface area contributed by atoms with Crippen molar-refractivity contribution in [1.82, 2.24) is 10.2 Å². The summed E-state index contributed by atoms with van der Waals surface area (Å²) < 4.78 is 5.21. The summed E-state index contributed by atoms with van der Waals surface area (Å²) in [5.41, 5.74) is 0.528. The predicted octanol–water partition coefficient (Wildman–Crippen LogP) is 2.81. The van der Waals surface area contributed by atoms with E-state index in [9.17, 15) is 4.79 Å². The van der Waals surface area contributed by atoms with Gasteiger partial charge in [-0.1, -0.05) is 11.6 Å². The number of ether oxygens (including phenoxy) is 1. The van der Waals surface area contributed by atoms with Crippen molar-refractivity contribution in [2.45, 2.75) is 26.3 Å². The Hall–Kier alpha value is -1.26. The van der Waals surface area contributed by atoms with Gasteiger partial charge in [-0.25, -0.2) is 0 Å². The number of benzene rings is 1. The zero-order valence-electron chi connectivity index (χ0n) is 12.9. The van der Waals surface area contributed by atoms with Gasteiger partial charge in [-0.05, 0) is 50.9 Å². The fraction of sp³-hybridized carbons (Fsp3) is 0.562. The summed E-state index contributed by atoms with van der Waals surface area (Å²) in [7, 11) is 1.54. The third-order valence-electron chi connectivity index (χ3n) is 4.01. The van der Waals surface area contributed by atoms with Crippen LogP contribution in [0.2, 0.25) is 5.02 Å². The number of amides is 1. The minimum absolute atomic E-state index is 0.105. The van der Waals surface area contributed by atoms with Crippen molar-refractivity contribution < 1.29 is 9.53 Å². The summed E-state index contributed by atoms with van der Waals surface area (Å²) in [6.45, 7) is 7.28. The zero-order chi connectivity index (χ0) is 15.4. The maximum absolute atomic E-state index is 12.3. The number of likely N-dealkylation sites (tertiary alicyclic amines) is 1. The maximum Gasteiger partial charge on any atom is 0.255 e. The summed E-state index contributed by atoms with van der Waals surface area (Å²) in [5.74, 6) is 0.927. The van der Waals surface area contributed by atoms with Gasteiger partial charge in [0.25, 0.3) is 5.91 Å². The van der Waals surface area contributed by atoms with Crippen molar-refractivity contribution in [2.75, 3.05) is 26.7 Å². The number of methoxy groups -OCH3 is 1. The Labute approximate surface area is 131 Å². The van der Waals surface area contributed by atoms with E-state index in [-0.39, 0.29) is 5.91 Å². The molecule has 0 aliphatic carbocycles. The summed E-state index contributed by atoms with van der Waals surface area (Å²) in [6, 6.07) is 5.63. The Bertz CT molecular complexity index is 505. The van der Waals surface area contributed by atoms with Crippen LogP contribution < -0.4 is 10.1 Å². The van der Waals surface area contributed by atoms with Crippen LogP contribution >= 0.6 is 11.6 Å². The zero-order valence-corrected chi connectivity index (χ0v) is 13.6. The van der Waals surface area contributed by atoms with Gasteiger partial charge >= 0.3 is 0 Å². The molecular weight excluding hydrogens is 288 g/mol. The molecule has 0 radical (unpaired) electrons. The van der Waals surface area contributed by atoms with Gasteiger partial charge in [0.15, 0.2) is 0 Å². The first-order chi connectivity index (χ1) is 10.0. The van der Waals surface area contributed by atoms with Crippen molar-refractivity contribution >= 4 is 17.5 Å². The van der Waals surface area contributed by atoms with Gasteiger partial charge < -0.3 is 15.0 Å². The number of hydrogen-bond donors (Lipinski definition) is 1. The second-order valence-corrected chi connectivity index (χ2v) is 6.23. The quantitative estimate of drug-likeness (QED) is 0.909. The fourth-order valence-electron chi connectivity index (χ4n) is 2.68. The number of halogens is 1. The monoisotopic (exact) mass is 310 g/mol. The van der Waals surface area contributed by atoms with Gasteiger partial charge in [-0.3, -0.25) is 4.79 Å². The molecule has 1 aromatic rings. The van der Waals surface area contributed by atoms with Crippen molar-refractivity contribution in [1.29, 1.82) is 0 Å². The molecule has 2 rings (SSSR count). The summed E-state index contributed by atoms with van der Waals surface area (Å²) in [4.78, 5) is 14.7. The molecule has 1 aromatic carbocycles. The highest BCUT2D eigenvalue weighted by Gasteiger charge is 2.24. The van der Waals surface area contributed by atoms with Gasteiger partial charge in [-0.2, -0.15) is 0 Å². The van der Waals surface area contributed by atoms with E-state index in [1.54, 1.807) is 25.3 Å². The largest absolute Gasteiger partial charge is 0.496 e. The smallest absolute Gasteiger partial charge is 0.255 e. The van der Waals surface area contributed by atoms with Crippen molar-refractivity contribution in [3.63, 3.8) is 0 Å². The van der Waals surface area contributed by atoms with Crippen LogP contribution in [0.4, 0.5) is 0 Å². The van der Waals surface area contributed by atoms with E-state index in [0.717, 1.165) is 19.5 Å². The van der Waals surface area contributed by atoms with E-state index in [2.05, 4.69) is 24.1 Å². The van der Waals surface area contributed by atoms with Crippen molar-refractivity contribution in [2.24, 2.45) is 5.92 Å². The average molecular weight is 311 g/mol. The van der Waals surface area contributed by atoms with Crippen molar-refractivity contribution in [3.8, 4) is 5.75 Å². The molecule has 0 unspecified atom stereocenters. The third kappa shape index (κ3) is 4.11.